The predicted molar refractivity (Wildman–Crippen MR) is 46.7 cm³/mol. The van der Waals surface area contributed by atoms with Gasteiger partial charge in [0.2, 0.25) is 0 Å². The van der Waals surface area contributed by atoms with Crippen LogP contribution in [0.15, 0.2) is 0 Å². The van der Waals surface area contributed by atoms with Crippen molar-refractivity contribution in [3.8, 4) is 0 Å². The van der Waals surface area contributed by atoms with Crippen molar-refractivity contribution in [1.29, 1.82) is 0 Å². The minimum atomic E-state index is 0.0742. The first kappa shape index (κ1) is 9.01. The molecule has 1 rings (SSSR count). The topological polar surface area (TPSA) is 21.3 Å². The highest BCUT2D eigenvalue weighted by atomic mass is 16.5. The van der Waals surface area contributed by atoms with Crippen LogP contribution in [0.1, 0.15) is 33.1 Å². The number of methoxy groups -OCH3 is 1. The molecular formula is C9H19NO. The van der Waals surface area contributed by atoms with Gasteiger partial charge in [-0.1, -0.05) is 0 Å². The summed E-state index contributed by atoms with van der Waals surface area (Å²) in [6.45, 7) is 5.41. The largest absolute Gasteiger partial charge is 0.377 e. The summed E-state index contributed by atoms with van der Waals surface area (Å²) < 4.78 is 5.44. The van der Waals surface area contributed by atoms with Crippen LogP contribution in [-0.2, 0) is 4.74 Å². The van der Waals surface area contributed by atoms with Crippen LogP contribution in [0.3, 0.4) is 0 Å². The van der Waals surface area contributed by atoms with Gasteiger partial charge in [-0.15, -0.1) is 0 Å². The normalized spacial score (nSPS) is 40.1. The molecule has 2 unspecified atom stereocenters. The minimum Gasteiger partial charge on any atom is -0.377 e. The molecule has 0 aliphatic carbocycles. The van der Waals surface area contributed by atoms with Gasteiger partial charge in [-0.2, -0.15) is 0 Å². The zero-order valence-electron chi connectivity index (χ0n) is 7.81. The van der Waals surface area contributed by atoms with E-state index >= 15 is 0 Å². The molecule has 2 heteroatoms. The van der Waals surface area contributed by atoms with Crippen molar-refractivity contribution in [2.24, 2.45) is 0 Å². The highest BCUT2D eigenvalue weighted by molar-refractivity contribution is 4.82. The maximum absolute atomic E-state index is 5.44. The van der Waals surface area contributed by atoms with Crippen LogP contribution in [0.2, 0.25) is 0 Å². The molecule has 1 heterocycles. The number of nitrogens with one attached hydrogen (secondary N) is 1. The average Bonchev–Trinajstić information content (AvgIpc) is 2.15. The summed E-state index contributed by atoms with van der Waals surface area (Å²) in [6.07, 6.45) is 3.73. The summed E-state index contributed by atoms with van der Waals surface area (Å²) in [6, 6.07) is 0.659. The van der Waals surface area contributed by atoms with Crippen molar-refractivity contribution in [3.05, 3.63) is 0 Å². The molecule has 1 saturated heterocycles. The van der Waals surface area contributed by atoms with Crippen molar-refractivity contribution in [3.63, 3.8) is 0 Å². The van der Waals surface area contributed by atoms with Crippen molar-refractivity contribution >= 4 is 0 Å². The Morgan fingerprint density at radius 2 is 2.27 bits per heavy atom. The van der Waals surface area contributed by atoms with Crippen LogP contribution >= 0.6 is 0 Å². The van der Waals surface area contributed by atoms with E-state index in [0.29, 0.717) is 6.04 Å². The first-order valence-corrected chi connectivity index (χ1v) is 4.45. The number of hydrogen-bond acceptors (Lipinski definition) is 2. The maximum Gasteiger partial charge on any atom is 0.0774 e. The standard InChI is InChI=1S/C9H19NO/c1-8-5-4-6-9(2,11-3)7-10-8/h8,10H,4-7H2,1-3H3. The molecule has 0 saturated carbocycles. The summed E-state index contributed by atoms with van der Waals surface area (Å²) in [7, 11) is 1.80. The molecule has 0 bridgehead atoms. The van der Waals surface area contributed by atoms with Gasteiger partial charge in [0.25, 0.3) is 0 Å². The fourth-order valence-electron chi connectivity index (χ4n) is 1.54. The van der Waals surface area contributed by atoms with E-state index in [-0.39, 0.29) is 5.60 Å². The van der Waals surface area contributed by atoms with Crippen LogP contribution in [-0.4, -0.2) is 25.3 Å². The smallest absolute Gasteiger partial charge is 0.0774 e. The second-order valence-corrected chi connectivity index (χ2v) is 3.83. The van der Waals surface area contributed by atoms with E-state index in [1.54, 1.807) is 7.11 Å². The van der Waals surface area contributed by atoms with E-state index in [2.05, 4.69) is 19.2 Å². The molecule has 0 aromatic carbocycles. The summed E-state index contributed by atoms with van der Waals surface area (Å²) in [5.41, 5.74) is 0.0742. The Hall–Kier alpha value is -0.0800. The molecule has 11 heavy (non-hydrogen) atoms. The predicted octanol–water partition coefficient (Wildman–Crippen LogP) is 1.55. The lowest BCUT2D eigenvalue weighted by atomic mass is 10.0. The molecule has 0 radical (unpaired) electrons. The highest BCUT2D eigenvalue weighted by Gasteiger charge is 2.26. The molecule has 0 amide bonds. The van der Waals surface area contributed by atoms with Gasteiger partial charge in [0.05, 0.1) is 5.60 Å². The number of ether oxygens (including phenoxy) is 1. The highest BCUT2D eigenvalue weighted by Crippen LogP contribution is 2.20. The van der Waals surface area contributed by atoms with E-state index in [0.717, 1.165) is 6.54 Å². The fourth-order valence-corrected chi connectivity index (χ4v) is 1.54. The zero-order chi connectivity index (χ0) is 8.32. The Labute approximate surface area is 69.3 Å². The van der Waals surface area contributed by atoms with E-state index < -0.39 is 0 Å². The van der Waals surface area contributed by atoms with Gasteiger partial charge >= 0.3 is 0 Å². The van der Waals surface area contributed by atoms with Crippen LogP contribution in [0.25, 0.3) is 0 Å². The first-order valence-electron chi connectivity index (χ1n) is 4.45. The third-order valence-electron chi connectivity index (χ3n) is 2.66. The van der Waals surface area contributed by atoms with E-state index in [1.165, 1.54) is 19.3 Å². The molecule has 2 nitrogen and oxygen atoms in total. The van der Waals surface area contributed by atoms with Gasteiger partial charge < -0.3 is 10.1 Å². The Bertz CT molecular complexity index is 127. The average molecular weight is 157 g/mol. The minimum absolute atomic E-state index is 0.0742. The fraction of sp³-hybridized carbons (Fsp3) is 1.00. The molecule has 2 atom stereocenters. The van der Waals surface area contributed by atoms with Gasteiger partial charge in [0.15, 0.2) is 0 Å². The first-order chi connectivity index (χ1) is 5.16. The molecule has 1 N–H and O–H groups in total. The van der Waals surface area contributed by atoms with E-state index in [1.807, 2.05) is 0 Å². The molecule has 1 aliphatic rings. The van der Waals surface area contributed by atoms with Gasteiger partial charge in [-0.25, -0.2) is 0 Å². The van der Waals surface area contributed by atoms with Crippen LogP contribution < -0.4 is 5.32 Å². The number of rotatable bonds is 1. The molecule has 0 spiro atoms. The third-order valence-corrected chi connectivity index (χ3v) is 2.66. The van der Waals surface area contributed by atoms with Crippen LogP contribution in [0.4, 0.5) is 0 Å². The van der Waals surface area contributed by atoms with Crippen molar-refractivity contribution in [2.45, 2.75) is 44.8 Å². The Morgan fingerprint density at radius 1 is 1.55 bits per heavy atom. The van der Waals surface area contributed by atoms with Crippen LogP contribution in [0.5, 0.6) is 0 Å². The van der Waals surface area contributed by atoms with Gasteiger partial charge in [-0.05, 0) is 33.1 Å². The molecule has 1 aliphatic heterocycles. The van der Waals surface area contributed by atoms with E-state index in [9.17, 15) is 0 Å². The quantitative estimate of drug-likeness (QED) is 0.623. The molecule has 1 fully saturated rings. The Balaban J connectivity index is 2.45. The molecule has 66 valence electrons. The van der Waals surface area contributed by atoms with Crippen molar-refractivity contribution in [1.82, 2.24) is 5.32 Å². The maximum atomic E-state index is 5.44. The zero-order valence-corrected chi connectivity index (χ0v) is 7.81. The molecular weight excluding hydrogens is 138 g/mol. The summed E-state index contributed by atoms with van der Waals surface area (Å²) >= 11 is 0. The van der Waals surface area contributed by atoms with Gasteiger partial charge in [0.1, 0.15) is 0 Å². The lowest BCUT2D eigenvalue weighted by molar-refractivity contribution is 0.00305. The lowest BCUT2D eigenvalue weighted by Crippen LogP contribution is -2.40. The summed E-state index contributed by atoms with van der Waals surface area (Å²) in [5, 5.41) is 3.46. The second kappa shape index (κ2) is 3.55. The Morgan fingerprint density at radius 3 is 2.91 bits per heavy atom. The van der Waals surface area contributed by atoms with Crippen LogP contribution in [0, 0.1) is 0 Å². The van der Waals surface area contributed by atoms with E-state index in [4.69, 9.17) is 4.74 Å². The lowest BCUT2D eigenvalue weighted by Gasteiger charge is -2.26. The SMILES string of the molecule is COC1(C)CCCC(C)NC1. The third kappa shape index (κ3) is 2.46. The summed E-state index contributed by atoms with van der Waals surface area (Å²) in [4.78, 5) is 0. The second-order valence-electron chi connectivity index (χ2n) is 3.83. The Kier molecular flexibility index (Phi) is 2.90. The van der Waals surface area contributed by atoms with Gasteiger partial charge in [0, 0.05) is 19.7 Å². The van der Waals surface area contributed by atoms with Crippen molar-refractivity contribution in [2.75, 3.05) is 13.7 Å². The van der Waals surface area contributed by atoms with Crippen molar-refractivity contribution < 1.29 is 4.74 Å². The molecule has 0 aromatic rings. The number of hydrogen-bond donors (Lipinski definition) is 1. The van der Waals surface area contributed by atoms with Gasteiger partial charge in [-0.3, -0.25) is 0 Å². The molecule has 0 aromatic heterocycles. The summed E-state index contributed by atoms with van der Waals surface area (Å²) in [5.74, 6) is 0. The monoisotopic (exact) mass is 157 g/mol.